The first-order valence-electron chi connectivity index (χ1n) is 12.0. The zero-order valence-corrected chi connectivity index (χ0v) is 20.4. The second-order valence-electron chi connectivity index (χ2n) is 9.41. The number of benzene rings is 1. The molecule has 0 amide bonds. The third-order valence-corrected chi connectivity index (χ3v) is 6.39. The van der Waals surface area contributed by atoms with Crippen LogP contribution in [0.3, 0.4) is 0 Å². The van der Waals surface area contributed by atoms with Crippen molar-refractivity contribution in [2.45, 2.75) is 45.3 Å². The molecule has 0 atom stereocenters. The van der Waals surface area contributed by atoms with E-state index in [2.05, 4.69) is 33.7 Å². The van der Waals surface area contributed by atoms with Crippen LogP contribution >= 0.6 is 0 Å². The standard InChI is InChI=1S/C27H27F3N6/c1-17(2)23-21(7-4-12-31-23)24-32-14-20-6-5-13-36(26(20)34-24)15-18-8-10-19(11-9-18)25-33-22(16-35(25)3)27(28,29)30/h4,7-12,14,16-17H,5-6,13,15H2,1-3H3. The zero-order chi connectivity index (χ0) is 25.4. The van der Waals surface area contributed by atoms with Gasteiger partial charge in [-0.05, 0) is 36.5 Å². The van der Waals surface area contributed by atoms with Crippen molar-refractivity contribution in [2.24, 2.45) is 7.05 Å². The van der Waals surface area contributed by atoms with Crippen molar-refractivity contribution in [3.8, 4) is 22.8 Å². The van der Waals surface area contributed by atoms with Gasteiger partial charge in [0.05, 0.1) is 5.69 Å². The second-order valence-corrected chi connectivity index (χ2v) is 9.41. The molecule has 1 aromatic carbocycles. The molecule has 0 saturated carbocycles. The van der Waals surface area contributed by atoms with Gasteiger partial charge in [0, 0.05) is 55.4 Å². The van der Waals surface area contributed by atoms with Crippen molar-refractivity contribution in [3.63, 3.8) is 0 Å². The lowest BCUT2D eigenvalue weighted by Crippen LogP contribution is -2.30. The van der Waals surface area contributed by atoms with Crippen LogP contribution < -0.4 is 4.90 Å². The van der Waals surface area contributed by atoms with Gasteiger partial charge in [0.15, 0.2) is 11.5 Å². The maximum atomic E-state index is 13.0. The maximum absolute atomic E-state index is 13.0. The Hall–Kier alpha value is -3.75. The Bertz CT molecular complexity index is 1380. The van der Waals surface area contributed by atoms with Crippen molar-refractivity contribution in [1.29, 1.82) is 0 Å². The van der Waals surface area contributed by atoms with Gasteiger partial charge >= 0.3 is 6.18 Å². The minimum Gasteiger partial charge on any atom is -0.352 e. The summed E-state index contributed by atoms with van der Waals surface area (Å²) in [5, 5.41) is 0. The fraction of sp³-hybridized carbons (Fsp3) is 0.333. The van der Waals surface area contributed by atoms with E-state index in [4.69, 9.17) is 4.98 Å². The van der Waals surface area contributed by atoms with Gasteiger partial charge in [0.2, 0.25) is 0 Å². The molecule has 0 bridgehead atoms. The van der Waals surface area contributed by atoms with Gasteiger partial charge in [0.1, 0.15) is 11.6 Å². The summed E-state index contributed by atoms with van der Waals surface area (Å²) in [7, 11) is 1.57. The number of alkyl halides is 3. The van der Waals surface area contributed by atoms with Crippen LogP contribution in [0.4, 0.5) is 19.0 Å². The smallest absolute Gasteiger partial charge is 0.352 e. The maximum Gasteiger partial charge on any atom is 0.434 e. The summed E-state index contributed by atoms with van der Waals surface area (Å²) < 4.78 is 40.5. The normalized spacial score (nSPS) is 13.8. The van der Waals surface area contributed by atoms with E-state index in [1.54, 1.807) is 13.2 Å². The molecule has 0 radical (unpaired) electrons. The third kappa shape index (κ3) is 4.69. The summed E-state index contributed by atoms with van der Waals surface area (Å²) in [4.78, 5) is 20.2. The summed E-state index contributed by atoms with van der Waals surface area (Å²) in [6.07, 6.45) is 2.19. The first-order chi connectivity index (χ1) is 17.2. The number of hydrogen-bond donors (Lipinski definition) is 0. The average Bonchev–Trinajstić information content (AvgIpc) is 3.26. The van der Waals surface area contributed by atoms with E-state index in [1.807, 2.05) is 42.6 Å². The molecule has 1 aliphatic heterocycles. The first kappa shape index (κ1) is 24.0. The van der Waals surface area contributed by atoms with Crippen LogP contribution in [-0.2, 0) is 26.2 Å². The number of pyridine rings is 1. The molecule has 1 aliphatic rings. The van der Waals surface area contributed by atoms with E-state index in [-0.39, 0.29) is 11.7 Å². The molecule has 3 aromatic heterocycles. The molecule has 0 aliphatic carbocycles. The van der Waals surface area contributed by atoms with Gasteiger partial charge < -0.3 is 9.47 Å². The topological polar surface area (TPSA) is 59.7 Å². The number of nitrogens with zero attached hydrogens (tertiary/aromatic N) is 6. The summed E-state index contributed by atoms with van der Waals surface area (Å²) >= 11 is 0. The van der Waals surface area contributed by atoms with Crippen LogP contribution in [0.15, 0.2) is 55.0 Å². The Labute approximate surface area is 207 Å². The number of rotatable bonds is 5. The Morgan fingerprint density at radius 1 is 1.03 bits per heavy atom. The van der Waals surface area contributed by atoms with E-state index in [1.165, 1.54) is 4.57 Å². The summed E-state index contributed by atoms with van der Waals surface area (Å²) in [5.41, 5.74) is 3.82. The minimum absolute atomic E-state index is 0.251. The molecule has 0 saturated heterocycles. The lowest BCUT2D eigenvalue weighted by molar-refractivity contribution is -0.140. The predicted molar refractivity (Wildman–Crippen MR) is 132 cm³/mol. The van der Waals surface area contributed by atoms with Gasteiger partial charge in [-0.3, -0.25) is 4.98 Å². The van der Waals surface area contributed by atoms with E-state index >= 15 is 0 Å². The van der Waals surface area contributed by atoms with Crippen LogP contribution in [0, 0.1) is 0 Å². The molecule has 4 aromatic rings. The quantitative estimate of drug-likeness (QED) is 0.340. The summed E-state index contributed by atoms with van der Waals surface area (Å²) in [6.45, 7) is 5.72. The lowest BCUT2D eigenvalue weighted by Gasteiger charge is -2.30. The largest absolute Gasteiger partial charge is 0.434 e. The van der Waals surface area contributed by atoms with E-state index in [0.29, 0.717) is 17.9 Å². The summed E-state index contributed by atoms with van der Waals surface area (Å²) in [6, 6.07) is 11.4. The first-order valence-corrected chi connectivity index (χ1v) is 12.0. The number of aromatic nitrogens is 5. The van der Waals surface area contributed by atoms with Crippen LogP contribution in [0.2, 0.25) is 0 Å². The van der Waals surface area contributed by atoms with Crippen molar-refractivity contribution in [1.82, 2.24) is 24.5 Å². The molecule has 0 spiro atoms. The molecule has 9 heteroatoms. The highest BCUT2D eigenvalue weighted by Gasteiger charge is 2.34. The van der Waals surface area contributed by atoms with Crippen LogP contribution in [0.1, 0.15) is 48.7 Å². The Kier molecular flexibility index (Phi) is 6.24. The SMILES string of the molecule is CC(C)c1ncccc1-c1ncc2c(n1)N(Cc1ccc(-c3nc(C(F)(F)F)cn3C)cc1)CCC2. The van der Waals surface area contributed by atoms with Crippen LogP contribution in [0.5, 0.6) is 0 Å². The Balaban J connectivity index is 1.41. The van der Waals surface area contributed by atoms with Gasteiger partial charge in [-0.15, -0.1) is 0 Å². The van der Waals surface area contributed by atoms with Crippen LogP contribution in [0.25, 0.3) is 22.8 Å². The minimum atomic E-state index is -4.47. The van der Waals surface area contributed by atoms with Crippen LogP contribution in [-0.4, -0.2) is 31.0 Å². The van der Waals surface area contributed by atoms with Crippen molar-refractivity contribution >= 4 is 5.82 Å². The zero-order valence-electron chi connectivity index (χ0n) is 20.4. The number of hydrogen-bond acceptors (Lipinski definition) is 5. The predicted octanol–water partition coefficient (Wildman–Crippen LogP) is 6.03. The number of fused-ring (bicyclic) bond motifs is 1. The molecule has 6 nitrogen and oxygen atoms in total. The molecule has 186 valence electrons. The number of imidazole rings is 1. The monoisotopic (exact) mass is 492 g/mol. The molecule has 0 unspecified atom stereocenters. The fourth-order valence-electron chi connectivity index (χ4n) is 4.62. The second kappa shape index (κ2) is 9.37. The lowest BCUT2D eigenvalue weighted by atomic mass is 10.0. The number of aryl methyl sites for hydroxylation is 2. The molecule has 0 fully saturated rings. The highest BCUT2D eigenvalue weighted by molar-refractivity contribution is 5.63. The highest BCUT2D eigenvalue weighted by Crippen LogP contribution is 2.32. The molecule has 5 rings (SSSR count). The van der Waals surface area contributed by atoms with Gasteiger partial charge in [-0.25, -0.2) is 15.0 Å². The highest BCUT2D eigenvalue weighted by atomic mass is 19.4. The number of anilines is 1. The Morgan fingerprint density at radius 2 is 1.81 bits per heavy atom. The van der Waals surface area contributed by atoms with Crippen molar-refractivity contribution in [2.75, 3.05) is 11.4 Å². The average molecular weight is 493 g/mol. The van der Waals surface area contributed by atoms with E-state index in [9.17, 15) is 13.2 Å². The fourth-order valence-corrected chi connectivity index (χ4v) is 4.62. The van der Waals surface area contributed by atoms with Gasteiger partial charge in [-0.1, -0.05) is 38.1 Å². The molecule has 4 heterocycles. The van der Waals surface area contributed by atoms with Crippen molar-refractivity contribution < 1.29 is 13.2 Å². The molecule has 0 N–H and O–H groups in total. The molecule has 36 heavy (non-hydrogen) atoms. The molecular formula is C27H27F3N6. The third-order valence-electron chi connectivity index (χ3n) is 6.39. The molecular weight excluding hydrogens is 465 g/mol. The number of halogens is 3. The van der Waals surface area contributed by atoms with Gasteiger partial charge in [0.25, 0.3) is 0 Å². The van der Waals surface area contributed by atoms with E-state index in [0.717, 1.165) is 53.8 Å². The summed E-state index contributed by atoms with van der Waals surface area (Å²) in [5.74, 6) is 2.13. The van der Waals surface area contributed by atoms with Gasteiger partial charge in [-0.2, -0.15) is 13.2 Å². The Morgan fingerprint density at radius 3 is 2.50 bits per heavy atom. The van der Waals surface area contributed by atoms with Crippen molar-refractivity contribution in [3.05, 3.63) is 77.5 Å². The van der Waals surface area contributed by atoms with E-state index < -0.39 is 11.9 Å².